The van der Waals surface area contributed by atoms with Gasteiger partial charge in [-0.2, -0.15) is 0 Å². The van der Waals surface area contributed by atoms with Crippen LogP contribution in [0.15, 0.2) is 18.2 Å². The van der Waals surface area contributed by atoms with E-state index in [9.17, 15) is 4.79 Å². The minimum atomic E-state index is 0.174. The number of benzene rings is 1. The topological polar surface area (TPSA) is 35.6 Å². The fourth-order valence-electron chi connectivity index (χ4n) is 3.34. The standard InChI is InChI=1S/C17H25N3O/c1-19(11-12-20-9-2-3-10-20)17(21)16-6-4-5-14-13-18-8-7-15(14)16/h4-6,18H,2-3,7-13H2,1H3. The minimum absolute atomic E-state index is 0.174. The highest BCUT2D eigenvalue weighted by Crippen LogP contribution is 2.20. The molecule has 0 spiro atoms. The first-order chi connectivity index (χ1) is 10.3. The van der Waals surface area contributed by atoms with Crippen LogP contribution in [-0.4, -0.2) is 55.5 Å². The van der Waals surface area contributed by atoms with Gasteiger partial charge in [0.2, 0.25) is 0 Å². The van der Waals surface area contributed by atoms with Gasteiger partial charge in [0, 0.05) is 32.2 Å². The minimum Gasteiger partial charge on any atom is -0.340 e. The number of likely N-dealkylation sites (N-methyl/N-ethyl adjacent to an activating group) is 1. The molecule has 2 aliphatic heterocycles. The van der Waals surface area contributed by atoms with Crippen LogP contribution in [0.3, 0.4) is 0 Å². The highest BCUT2D eigenvalue weighted by Gasteiger charge is 2.20. The van der Waals surface area contributed by atoms with Crippen molar-refractivity contribution in [1.29, 1.82) is 0 Å². The van der Waals surface area contributed by atoms with Crippen molar-refractivity contribution in [3.8, 4) is 0 Å². The lowest BCUT2D eigenvalue weighted by Gasteiger charge is -2.25. The van der Waals surface area contributed by atoms with Gasteiger partial charge in [0.05, 0.1) is 0 Å². The Morgan fingerprint density at radius 3 is 2.95 bits per heavy atom. The fourth-order valence-corrected chi connectivity index (χ4v) is 3.34. The van der Waals surface area contributed by atoms with E-state index in [1.165, 1.54) is 37.1 Å². The fraction of sp³-hybridized carbons (Fsp3) is 0.588. The van der Waals surface area contributed by atoms with Crippen LogP contribution in [-0.2, 0) is 13.0 Å². The number of nitrogens with one attached hydrogen (secondary N) is 1. The van der Waals surface area contributed by atoms with Crippen LogP contribution >= 0.6 is 0 Å². The van der Waals surface area contributed by atoms with Gasteiger partial charge in [-0.15, -0.1) is 0 Å². The monoisotopic (exact) mass is 287 g/mol. The molecule has 2 heterocycles. The van der Waals surface area contributed by atoms with Crippen molar-refractivity contribution in [3.05, 3.63) is 34.9 Å². The van der Waals surface area contributed by atoms with Crippen molar-refractivity contribution in [3.63, 3.8) is 0 Å². The second-order valence-corrected chi connectivity index (χ2v) is 6.15. The van der Waals surface area contributed by atoms with Gasteiger partial charge in [0.1, 0.15) is 0 Å². The zero-order valence-corrected chi connectivity index (χ0v) is 12.9. The van der Waals surface area contributed by atoms with Crippen LogP contribution in [0.1, 0.15) is 34.3 Å². The zero-order valence-electron chi connectivity index (χ0n) is 12.9. The SMILES string of the molecule is CN(CCN1CCCC1)C(=O)c1cccc2c1CCNC2. The summed E-state index contributed by atoms with van der Waals surface area (Å²) in [6, 6.07) is 6.12. The van der Waals surface area contributed by atoms with E-state index in [0.29, 0.717) is 0 Å². The Balaban J connectivity index is 1.66. The van der Waals surface area contributed by atoms with Crippen LogP contribution in [0.5, 0.6) is 0 Å². The molecule has 1 aromatic rings. The molecule has 21 heavy (non-hydrogen) atoms. The number of fused-ring (bicyclic) bond motifs is 1. The van der Waals surface area contributed by atoms with Crippen LogP contribution in [0, 0.1) is 0 Å². The normalized spacial score (nSPS) is 18.5. The van der Waals surface area contributed by atoms with E-state index >= 15 is 0 Å². The molecule has 0 saturated carbocycles. The number of hydrogen-bond donors (Lipinski definition) is 1. The molecular formula is C17H25N3O. The molecule has 3 rings (SSSR count). The molecule has 4 nitrogen and oxygen atoms in total. The Bertz CT molecular complexity index is 509. The quantitative estimate of drug-likeness (QED) is 0.911. The molecule has 1 aromatic carbocycles. The molecule has 114 valence electrons. The summed E-state index contributed by atoms with van der Waals surface area (Å²) in [5.74, 6) is 0.174. The second-order valence-electron chi connectivity index (χ2n) is 6.15. The first-order valence-corrected chi connectivity index (χ1v) is 8.05. The largest absolute Gasteiger partial charge is 0.340 e. The van der Waals surface area contributed by atoms with Gasteiger partial charge in [0.15, 0.2) is 0 Å². The molecular weight excluding hydrogens is 262 g/mol. The van der Waals surface area contributed by atoms with Gasteiger partial charge in [0.25, 0.3) is 5.91 Å². The van der Waals surface area contributed by atoms with Crippen LogP contribution in [0.25, 0.3) is 0 Å². The van der Waals surface area contributed by atoms with Gasteiger partial charge in [-0.3, -0.25) is 4.79 Å². The van der Waals surface area contributed by atoms with Crippen LogP contribution in [0.2, 0.25) is 0 Å². The summed E-state index contributed by atoms with van der Waals surface area (Å²) in [7, 11) is 1.93. The third kappa shape index (κ3) is 3.27. The molecule has 0 unspecified atom stereocenters. The zero-order chi connectivity index (χ0) is 14.7. The van der Waals surface area contributed by atoms with E-state index in [2.05, 4.69) is 16.3 Å². The number of carbonyl (C=O) groups excluding carboxylic acids is 1. The first-order valence-electron chi connectivity index (χ1n) is 8.05. The van der Waals surface area contributed by atoms with E-state index in [0.717, 1.165) is 38.2 Å². The second kappa shape index (κ2) is 6.58. The molecule has 0 aromatic heterocycles. The predicted octanol–water partition coefficient (Wildman–Crippen LogP) is 1.50. The van der Waals surface area contributed by atoms with E-state index < -0.39 is 0 Å². The summed E-state index contributed by atoms with van der Waals surface area (Å²) in [5.41, 5.74) is 3.42. The van der Waals surface area contributed by atoms with E-state index in [1.54, 1.807) is 0 Å². The van der Waals surface area contributed by atoms with Crippen molar-refractivity contribution in [2.45, 2.75) is 25.8 Å². The summed E-state index contributed by atoms with van der Waals surface area (Å²) in [6.45, 7) is 6.05. The predicted molar refractivity (Wildman–Crippen MR) is 84.5 cm³/mol. The van der Waals surface area contributed by atoms with Crippen molar-refractivity contribution in [2.24, 2.45) is 0 Å². The summed E-state index contributed by atoms with van der Waals surface area (Å²) in [4.78, 5) is 17.0. The molecule has 0 atom stereocenters. The third-order valence-corrected chi connectivity index (χ3v) is 4.67. The van der Waals surface area contributed by atoms with Gasteiger partial charge in [-0.25, -0.2) is 0 Å². The molecule has 1 amide bonds. The maximum absolute atomic E-state index is 12.7. The van der Waals surface area contributed by atoms with E-state index in [-0.39, 0.29) is 5.91 Å². The maximum atomic E-state index is 12.7. The Morgan fingerprint density at radius 1 is 1.33 bits per heavy atom. The summed E-state index contributed by atoms with van der Waals surface area (Å²) in [6.07, 6.45) is 3.56. The summed E-state index contributed by atoms with van der Waals surface area (Å²) in [5, 5.41) is 3.37. The summed E-state index contributed by atoms with van der Waals surface area (Å²) >= 11 is 0. The number of carbonyl (C=O) groups is 1. The van der Waals surface area contributed by atoms with Crippen molar-refractivity contribution in [1.82, 2.24) is 15.1 Å². The highest BCUT2D eigenvalue weighted by atomic mass is 16.2. The molecule has 1 fully saturated rings. The molecule has 1 saturated heterocycles. The number of hydrogen-bond acceptors (Lipinski definition) is 3. The third-order valence-electron chi connectivity index (χ3n) is 4.67. The Hall–Kier alpha value is -1.39. The highest BCUT2D eigenvalue weighted by molar-refractivity contribution is 5.96. The lowest BCUT2D eigenvalue weighted by atomic mass is 9.95. The maximum Gasteiger partial charge on any atom is 0.253 e. The Morgan fingerprint density at radius 2 is 2.14 bits per heavy atom. The Kier molecular flexibility index (Phi) is 4.56. The molecule has 0 radical (unpaired) electrons. The number of rotatable bonds is 4. The average Bonchev–Trinajstić information content (AvgIpc) is 3.05. The van der Waals surface area contributed by atoms with Gasteiger partial charge < -0.3 is 15.1 Å². The van der Waals surface area contributed by atoms with Gasteiger partial charge >= 0.3 is 0 Å². The van der Waals surface area contributed by atoms with E-state index in [4.69, 9.17) is 0 Å². The lowest BCUT2D eigenvalue weighted by Crippen LogP contribution is -2.36. The molecule has 0 aliphatic carbocycles. The first kappa shape index (κ1) is 14.5. The van der Waals surface area contributed by atoms with Crippen molar-refractivity contribution >= 4 is 5.91 Å². The van der Waals surface area contributed by atoms with Crippen LogP contribution in [0.4, 0.5) is 0 Å². The molecule has 0 bridgehead atoms. The molecule has 2 aliphatic rings. The smallest absolute Gasteiger partial charge is 0.253 e. The van der Waals surface area contributed by atoms with Gasteiger partial charge in [-0.1, -0.05) is 12.1 Å². The Labute approximate surface area is 127 Å². The molecule has 1 N–H and O–H groups in total. The number of amides is 1. The summed E-state index contributed by atoms with van der Waals surface area (Å²) < 4.78 is 0. The van der Waals surface area contributed by atoms with Crippen LogP contribution < -0.4 is 5.32 Å². The molecule has 4 heteroatoms. The van der Waals surface area contributed by atoms with E-state index in [1.807, 2.05) is 24.1 Å². The van der Waals surface area contributed by atoms with Crippen molar-refractivity contribution in [2.75, 3.05) is 39.8 Å². The lowest BCUT2D eigenvalue weighted by molar-refractivity contribution is 0.0781. The van der Waals surface area contributed by atoms with Gasteiger partial charge in [-0.05, 0) is 56.1 Å². The average molecular weight is 287 g/mol. The van der Waals surface area contributed by atoms with Crippen molar-refractivity contribution < 1.29 is 4.79 Å². The number of likely N-dealkylation sites (tertiary alicyclic amines) is 1. The number of nitrogens with zero attached hydrogens (tertiary/aromatic N) is 2.